The number of carbonyl (C=O) groups is 1. The van der Waals surface area contributed by atoms with Crippen LogP contribution in [-0.4, -0.2) is 31.2 Å². The molecule has 2 aromatic carbocycles. The van der Waals surface area contributed by atoms with Crippen LogP contribution in [0, 0.1) is 0 Å². The molecule has 0 radical (unpaired) electrons. The predicted molar refractivity (Wildman–Crippen MR) is 97.8 cm³/mol. The van der Waals surface area contributed by atoms with Gasteiger partial charge in [0, 0.05) is 5.57 Å². The molecule has 2 aromatic rings. The van der Waals surface area contributed by atoms with Crippen LogP contribution in [0.25, 0.3) is 6.08 Å². The maximum Gasteiger partial charge on any atom is 0.196 e. The molecule has 1 aliphatic rings. The highest BCUT2D eigenvalue weighted by molar-refractivity contribution is 9.10. The molecule has 1 N–H and O–H groups in total. The number of phenols is 1. The Kier molecular flexibility index (Phi) is 4.99. The Morgan fingerprint density at radius 1 is 1.32 bits per heavy atom. The molecule has 0 bridgehead atoms. The third-order valence-electron chi connectivity index (χ3n) is 3.80. The Morgan fingerprint density at radius 2 is 2.12 bits per heavy atom. The second kappa shape index (κ2) is 7.19. The molecule has 0 saturated carbocycles. The van der Waals surface area contributed by atoms with Crippen molar-refractivity contribution in [2.24, 2.45) is 0 Å². The van der Waals surface area contributed by atoms with Gasteiger partial charge in [-0.05, 0) is 64.8 Å². The summed E-state index contributed by atoms with van der Waals surface area (Å²) in [4.78, 5) is 12.8. The summed E-state index contributed by atoms with van der Waals surface area (Å²) in [5, 5.41) is 10.0. The van der Waals surface area contributed by atoms with Gasteiger partial charge in [0.05, 0.1) is 23.8 Å². The highest BCUT2D eigenvalue weighted by Crippen LogP contribution is 2.37. The average molecular weight is 405 g/mol. The topological polar surface area (TPSA) is 65.0 Å². The van der Waals surface area contributed by atoms with Gasteiger partial charge in [-0.1, -0.05) is 0 Å². The van der Waals surface area contributed by atoms with Crippen molar-refractivity contribution in [2.75, 3.05) is 20.3 Å². The van der Waals surface area contributed by atoms with Crippen molar-refractivity contribution >= 4 is 27.8 Å². The molecule has 25 heavy (non-hydrogen) atoms. The van der Waals surface area contributed by atoms with Crippen molar-refractivity contribution < 1.29 is 24.1 Å². The molecule has 0 fully saturated rings. The lowest BCUT2D eigenvalue weighted by Crippen LogP contribution is -2.19. The van der Waals surface area contributed by atoms with Gasteiger partial charge in [-0.25, -0.2) is 0 Å². The first-order chi connectivity index (χ1) is 12.0. The number of carbonyl (C=O) groups excluding carboxylic acids is 1. The van der Waals surface area contributed by atoms with Crippen LogP contribution < -0.4 is 14.2 Å². The van der Waals surface area contributed by atoms with Crippen molar-refractivity contribution in [3.63, 3.8) is 0 Å². The lowest BCUT2D eigenvalue weighted by Gasteiger charge is -2.19. The fourth-order valence-corrected chi connectivity index (χ4v) is 3.04. The zero-order chi connectivity index (χ0) is 18.0. The van der Waals surface area contributed by atoms with Crippen LogP contribution in [0.15, 0.2) is 40.4 Å². The SMILES string of the molecule is CCOc1cc(/C=C2\COc3ccc(OC)cc3C2=O)cc(Br)c1O. The van der Waals surface area contributed by atoms with E-state index in [0.29, 0.717) is 39.5 Å². The molecule has 0 unspecified atom stereocenters. The van der Waals surface area contributed by atoms with Gasteiger partial charge in [0.25, 0.3) is 0 Å². The standard InChI is InChI=1S/C19H17BrO5/c1-3-24-17-8-11(7-15(20)19(17)22)6-12-10-25-16-5-4-13(23-2)9-14(16)18(12)21/h4-9,22H,3,10H2,1-2H3/b12-6+. The molecule has 0 aromatic heterocycles. The van der Waals surface area contributed by atoms with Gasteiger partial charge < -0.3 is 19.3 Å². The molecular weight excluding hydrogens is 388 g/mol. The Bertz CT molecular complexity index is 857. The molecule has 0 atom stereocenters. The molecule has 5 nitrogen and oxygen atoms in total. The van der Waals surface area contributed by atoms with E-state index in [2.05, 4.69) is 15.9 Å². The second-order valence-corrected chi connectivity index (χ2v) is 6.29. The second-order valence-electron chi connectivity index (χ2n) is 5.43. The molecule has 1 aliphatic heterocycles. The molecular formula is C19H17BrO5. The smallest absolute Gasteiger partial charge is 0.196 e. The highest BCUT2D eigenvalue weighted by Gasteiger charge is 2.24. The first-order valence-electron chi connectivity index (χ1n) is 7.75. The molecule has 0 saturated heterocycles. The number of aromatic hydroxyl groups is 1. The van der Waals surface area contributed by atoms with Gasteiger partial charge in [-0.15, -0.1) is 0 Å². The number of methoxy groups -OCH3 is 1. The summed E-state index contributed by atoms with van der Waals surface area (Å²) in [5.41, 5.74) is 1.71. The third-order valence-corrected chi connectivity index (χ3v) is 4.40. The van der Waals surface area contributed by atoms with Crippen molar-refractivity contribution in [1.82, 2.24) is 0 Å². The van der Waals surface area contributed by atoms with E-state index in [1.807, 2.05) is 6.92 Å². The average Bonchev–Trinajstić information content (AvgIpc) is 2.61. The number of benzene rings is 2. The van der Waals surface area contributed by atoms with Crippen LogP contribution in [0.2, 0.25) is 0 Å². The molecule has 0 aliphatic carbocycles. The minimum absolute atomic E-state index is 0.0327. The van der Waals surface area contributed by atoms with E-state index in [1.54, 1.807) is 43.5 Å². The lowest BCUT2D eigenvalue weighted by atomic mass is 9.98. The van der Waals surface area contributed by atoms with Crippen molar-refractivity contribution in [1.29, 1.82) is 0 Å². The predicted octanol–water partition coefficient (Wildman–Crippen LogP) is 4.22. The first kappa shape index (κ1) is 17.4. The van der Waals surface area contributed by atoms with Crippen LogP contribution >= 0.6 is 15.9 Å². The van der Waals surface area contributed by atoms with E-state index < -0.39 is 0 Å². The van der Waals surface area contributed by atoms with E-state index in [-0.39, 0.29) is 18.1 Å². The number of ketones is 1. The quantitative estimate of drug-likeness (QED) is 0.772. The summed E-state index contributed by atoms with van der Waals surface area (Å²) in [6.07, 6.45) is 1.73. The number of Topliss-reactive ketones (excluding diaryl/α,β-unsaturated/α-hetero) is 1. The number of halogens is 1. The van der Waals surface area contributed by atoms with Crippen LogP contribution in [0.5, 0.6) is 23.0 Å². The van der Waals surface area contributed by atoms with Gasteiger partial charge in [-0.2, -0.15) is 0 Å². The summed E-state index contributed by atoms with van der Waals surface area (Å²) >= 11 is 3.30. The maximum absolute atomic E-state index is 12.8. The number of rotatable bonds is 4. The van der Waals surface area contributed by atoms with E-state index >= 15 is 0 Å². The van der Waals surface area contributed by atoms with Gasteiger partial charge in [-0.3, -0.25) is 4.79 Å². The zero-order valence-corrected chi connectivity index (χ0v) is 15.4. The highest BCUT2D eigenvalue weighted by atomic mass is 79.9. The molecule has 0 spiro atoms. The van der Waals surface area contributed by atoms with Crippen molar-refractivity contribution in [2.45, 2.75) is 6.92 Å². The number of hydrogen-bond acceptors (Lipinski definition) is 5. The Hall–Kier alpha value is -2.47. The largest absolute Gasteiger partial charge is 0.503 e. The Morgan fingerprint density at radius 3 is 2.84 bits per heavy atom. The Balaban J connectivity index is 1.98. The van der Waals surface area contributed by atoms with Gasteiger partial charge >= 0.3 is 0 Å². The number of hydrogen-bond donors (Lipinski definition) is 1. The van der Waals surface area contributed by atoms with Crippen molar-refractivity contribution in [3.05, 3.63) is 51.5 Å². The molecule has 6 heteroatoms. The summed E-state index contributed by atoms with van der Waals surface area (Å²) in [6, 6.07) is 8.56. The number of fused-ring (bicyclic) bond motifs is 1. The van der Waals surface area contributed by atoms with E-state index in [4.69, 9.17) is 14.2 Å². The molecule has 1 heterocycles. The molecule has 0 amide bonds. The molecule has 3 rings (SSSR count). The van der Waals surface area contributed by atoms with Crippen LogP contribution in [0.1, 0.15) is 22.8 Å². The fraction of sp³-hybridized carbons (Fsp3) is 0.211. The minimum atomic E-state index is -0.109. The fourth-order valence-electron chi connectivity index (χ4n) is 2.58. The summed E-state index contributed by atoms with van der Waals surface area (Å²) in [7, 11) is 1.55. The van der Waals surface area contributed by atoms with Crippen LogP contribution in [0.3, 0.4) is 0 Å². The lowest BCUT2D eigenvalue weighted by molar-refractivity contribution is 0.100. The summed E-state index contributed by atoms with van der Waals surface area (Å²) in [6.45, 7) is 2.44. The molecule has 130 valence electrons. The third kappa shape index (κ3) is 3.49. The van der Waals surface area contributed by atoms with Gasteiger partial charge in [0.1, 0.15) is 18.1 Å². The van der Waals surface area contributed by atoms with Gasteiger partial charge in [0.2, 0.25) is 0 Å². The van der Waals surface area contributed by atoms with E-state index in [0.717, 1.165) is 5.56 Å². The first-order valence-corrected chi connectivity index (χ1v) is 8.54. The van der Waals surface area contributed by atoms with Crippen LogP contribution in [-0.2, 0) is 0 Å². The van der Waals surface area contributed by atoms with Crippen molar-refractivity contribution in [3.8, 4) is 23.0 Å². The van der Waals surface area contributed by atoms with Gasteiger partial charge in [0.15, 0.2) is 17.3 Å². The zero-order valence-electron chi connectivity index (χ0n) is 13.8. The van der Waals surface area contributed by atoms with E-state index in [9.17, 15) is 9.90 Å². The maximum atomic E-state index is 12.8. The van der Waals surface area contributed by atoms with E-state index in [1.165, 1.54) is 0 Å². The summed E-state index contributed by atoms with van der Waals surface area (Å²) < 4.78 is 16.8. The Labute approximate surface area is 154 Å². The number of phenolic OH excluding ortho intramolecular Hbond substituents is 1. The normalized spacial score (nSPS) is 14.8. The minimum Gasteiger partial charge on any atom is -0.503 e. The van der Waals surface area contributed by atoms with Crippen LogP contribution in [0.4, 0.5) is 0 Å². The summed E-state index contributed by atoms with van der Waals surface area (Å²) in [5.74, 6) is 1.43. The monoisotopic (exact) mass is 404 g/mol. The number of ether oxygens (including phenoxy) is 3.